The number of rotatable bonds is 8. The Labute approximate surface area is 122 Å². The van der Waals surface area contributed by atoms with Crippen LogP contribution in [0.1, 0.15) is 6.42 Å². The fourth-order valence-electron chi connectivity index (χ4n) is 1.49. The van der Waals surface area contributed by atoms with E-state index in [9.17, 15) is 8.42 Å². The van der Waals surface area contributed by atoms with E-state index in [0.717, 1.165) is 10.9 Å². The molecule has 1 rings (SSSR count). The van der Waals surface area contributed by atoms with Gasteiger partial charge in [0.2, 0.25) is 0 Å². The van der Waals surface area contributed by atoms with E-state index in [4.69, 9.17) is 15.2 Å². The van der Waals surface area contributed by atoms with Crippen LogP contribution in [0.3, 0.4) is 0 Å². The highest BCUT2D eigenvalue weighted by Crippen LogP contribution is 2.23. The number of hydrogen-bond donors (Lipinski definition) is 1. The molecule has 0 aliphatic heterocycles. The molecule has 1 aromatic carbocycles. The second-order valence-electron chi connectivity index (χ2n) is 3.96. The molecule has 0 fully saturated rings. The number of hydrogen-bond acceptors (Lipinski definition) is 5. The Hall–Kier alpha value is -0.630. The maximum atomic E-state index is 12.1. The lowest BCUT2D eigenvalue weighted by molar-refractivity contribution is 0.112. The van der Waals surface area contributed by atoms with Crippen molar-refractivity contribution >= 4 is 31.5 Å². The van der Waals surface area contributed by atoms with Gasteiger partial charge < -0.3 is 15.2 Å². The van der Waals surface area contributed by atoms with E-state index in [-0.39, 0.29) is 22.9 Å². The van der Waals surface area contributed by atoms with Crippen LogP contribution < -0.4 is 5.73 Å². The predicted molar refractivity (Wildman–Crippen MR) is 77.9 cm³/mol. The first-order valence-corrected chi connectivity index (χ1v) is 8.26. The highest BCUT2D eigenvalue weighted by atomic mass is 79.9. The molecular weight excluding hydrogens is 334 g/mol. The Morgan fingerprint density at radius 3 is 2.63 bits per heavy atom. The summed E-state index contributed by atoms with van der Waals surface area (Å²) >= 11 is 3.24. The molecule has 0 spiro atoms. The van der Waals surface area contributed by atoms with Gasteiger partial charge in [0.15, 0.2) is 9.84 Å². The molecule has 108 valence electrons. The second-order valence-corrected chi connectivity index (χ2v) is 6.95. The Balaban J connectivity index is 2.52. The second kappa shape index (κ2) is 7.84. The maximum absolute atomic E-state index is 12.1. The van der Waals surface area contributed by atoms with Gasteiger partial charge in [0, 0.05) is 24.8 Å². The summed E-state index contributed by atoms with van der Waals surface area (Å²) in [5.74, 6) is -0.0776. The van der Waals surface area contributed by atoms with E-state index in [0.29, 0.717) is 13.2 Å². The molecular formula is C12H18BrNO4S. The summed E-state index contributed by atoms with van der Waals surface area (Å²) in [6, 6.07) is 4.73. The standard InChI is InChI=1S/C12H18BrNO4S/c1-17-5-2-6-18-7-8-19(15,16)12-4-3-10(13)9-11(12)14/h3-4,9H,2,5-8,14H2,1H3. The number of benzene rings is 1. The third-order valence-corrected chi connectivity index (χ3v) is 4.68. The van der Waals surface area contributed by atoms with Crippen LogP contribution >= 0.6 is 15.9 Å². The Bertz CT molecular complexity index is 504. The molecule has 1 aromatic rings. The first kappa shape index (κ1) is 16.4. The van der Waals surface area contributed by atoms with Gasteiger partial charge in [-0.05, 0) is 24.6 Å². The predicted octanol–water partition coefficient (Wildman–Crippen LogP) is 1.86. The van der Waals surface area contributed by atoms with E-state index >= 15 is 0 Å². The van der Waals surface area contributed by atoms with Crippen molar-refractivity contribution in [2.45, 2.75) is 11.3 Å². The molecule has 2 N–H and O–H groups in total. The number of sulfone groups is 1. The van der Waals surface area contributed by atoms with Crippen LogP contribution in [0.5, 0.6) is 0 Å². The average Bonchev–Trinajstić information content (AvgIpc) is 2.33. The third-order valence-electron chi connectivity index (χ3n) is 2.44. The average molecular weight is 352 g/mol. The molecule has 19 heavy (non-hydrogen) atoms. The van der Waals surface area contributed by atoms with Gasteiger partial charge in [0.1, 0.15) is 0 Å². The van der Waals surface area contributed by atoms with Gasteiger partial charge in [0.25, 0.3) is 0 Å². The van der Waals surface area contributed by atoms with Gasteiger partial charge in [-0.1, -0.05) is 15.9 Å². The van der Waals surface area contributed by atoms with Crippen molar-refractivity contribution < 1.29 is 17.9 Å². The summed E-state index contributed by atoms with van der Waals surface area (Å²) in [7, 11) is -1.79. The SMILES string of the molecule is COCCCOCCS(=O)(=O)c1ccc(Br)cc1N. The molecule has 0 aromatic heterocycles. The summed E-state index contributed by atoms with van der Waals surface area (Å²) in [4.78, 5) is 0.149. The van der Waals surface area contributed by atoms with Crippen LogP contribution in [0, 0.1) is 0 Å². The van der Waals surface area contributed by atoms with Crippen molar-refractivity contribution in [1.29, 1.82) is 0 Å². The van der Waals surface area contributed by atoms with E-state index in [1.165, 1.54) is 6.07 Å². The van der Waals surface area contributed by atoms with Crippen molar-refractivity contribution in [1.82, 2.24) is 0 Å². The lowest BCUT2D eigenvalue weighted by Gasteiger charge is -2.08. The van der Waals surface area contributed by atoms with Gasteiger partial charge in [-0.25, -0.2) is 8.42 Å². The molecule has 0 atom stereocenters. The molecule has 0 heterocycles. The van der Waals surface area contributed by atoms with Crippen LogP contribution in [0.2, 0.25) is 0 Å². The van der Waals surface area contributed by atoms with Gasteiger partial charge in [-0.15, -0.1) is 0 Å². The molecule has 0 amide bonds. The zero-order valence-corrected chi connectivity index (χ0v) is 13.2. The molecule has 7 heteroatoms. The number of anilines is 1. The molecule has 0 aliphatic rings. The topological polar surface area (TPSA) is 78.6 Å². The van der Waals surface area contributed by atoms with Crippen molar-refractivity contribution in [3.8, 4) is 0 Å². The fourth-order valence-corrected chi connectivity index (χ4v) is 3.12. The minimum Gasteiger partial charge on any atom is -0.398 e. The Kier molecular flexibility index (Phi) is 6.78. The monoisotopic (exact) mass is 351 g/mol. The summed E-state index contributed by atoms with van der Waals surface area (Å²) in [6.07, 6.45) is 0.747. The van der Waals surface area contributed by atoms with E-state index in [1.54, 1.807) is 19.2 Å². The number of nitrogens with two attached hydrogens (primary N) is 1. The number of ether oxygens (including phenoxy) is 2. The minimum atomic E-state index is -3.40. The van der Waals surface area contributed by atoms with E-state index in [1.807, 2.05) is 0 Å². The van der Waals surface area contributed by atoms with Crippen LogP contribution in [0.25, 0.3) is 0 Å². The lowest BCUT2D eigenvalue weighted by Crippen LogP contribution is -2.15. The maximum Gasteiger partial charge on any atom is 0.182 e. The first-order valence-electron chi connectivity index (χ1n) is 5.82. The van der Waals surface area contributed by atoms with Crippen molar-refractivity contribution in [2.24, 2.45) is 0 Å². The Morgan fingerprint density at radius 2 is 2.00 bits per heavy atom. The first-order chi connectivity index (χ1) is 8.97. The van der Waals surface area contributed by atoms with Crippen molar-refractivity contribution in [3.63, 3.8) is 0 Å². The summed E-state index contributed by atoms with van der Waals surface area (Å²) in [6.45, 7) is 1.24. The molecule has 0 radical (unpaired) electrons. The van der Waals surface area contributed by atoms with Gasteiger partial charge in [0.05, 0.1) is 22.9 Å². The number of methoxy groups -OCH3 is 1. The summed E-state index contributed by atoms with van der Waals surface area (Å²) in [5, 5.41) is 0. The van der Waals surface area contributed by atoms with E-state index < -0.39 is 9.84 Å². The molecule has 0 unspecified atom stereocenters. The quantitative estimate of drug-likeness (QED) is 0.571. The lowest BCUT2D eigenvalue weighted by atomic mass is 10.3. The van der Waals surface area contributed by atoms with E-state index in [2.05, 4.69) is 15.9 Å². The molecule has 0 bridgehead atoms. The molecule has 0 saturated heterocycles. The smallest absolute Gasteiger partial charge is 0.182 e. The summed E-state index contributed by atoms with van der Waals surface area (Å²) < 4.78 is 35.0. The van der Waals surface area contributed by atoms with Crippen LogP contribution in [-0.4, -0.2) is 41.1 Å². The summed E-state index contributed by atoms with van der Waals surface area (Å²) in [5.41, 5.74) is 5.96. The zero-order valence-electron chi connectivity index (χ0n) is 10.8. The molecule has 5 nitrogen and oxygen atoms in total. The molecule has 0 aliphatic carbocycles. The normalized spacial score (nSPS) is 11.7. The van der Waals surface area contributed by atoms with Gasteiger partial charge in [-0.3, -0.25) is 0 Å². The van der Waals surface area contributed by atoms with Crippen LogP contribution in [0.15, 0.2) is 27.6 Å². The van der Waals surface area contributed by atoms with Crippen molar-refractivity contribution in [3.05, 3.63) is 22.7 Å². The van der Waals surface area contributed by atoms with Gasteiger partial charge in [-0.2, -0.15) is 0 Å². The zero-order chi connectivity index (χ0) is 14.3. The van der Waals surface area contributed by atoms with Crippen LogP contribution in [-0.2, 0) is 19.3 Å². The highest BCUT2D eigenvalue weighted by Gasteiger charge is 2.17. The largest absolute Gasteiger partial charge is 0.398 e. The van der Waals surface area contributed by atoms with Crippen molar-refractivity contribution in [2.75, 3.05) is 38.4 Å². The molecule has 0 saturated carbocycles. The van der Waals surface area contributed by atoms with Gasteiger partial charge >= 0.3 is 0 Å². The fraction of sp³-hybridized carbons (Fsp3) is 0.500. The highest BCUT2D eigenvalue weighted by molar-refractivity contribution is 9.10. The number of halogens is 1. The third kappa shape index (κ3) is 5.48. The minimum absolute atomic E-state index is 0.0776. The van der Waals surface area contributed by atoms with Crippen LogP contribution in [0.4, 0.5) is 5.69 Å². The number of nitrogen functional groups attached to an aromatic ring is 1. The Morgan fingerprint density at radius 1 is 1.26 bits per heavy atom.